The summed E-state index contributed by atoms with van der Waals surface area (Å²) in [5.74, 6) is -0.397. The zero-order valence-corrected chi connectivity index (χ0v) is 20.6. The van der Waals surface area contributed by atoms with Gasteiger partial charge in [-0.25, -0.2) is 13.2 Å². The fraction of sp³-hybridized carbons (Fsp3) is 0.435. The number of sulfonamides is 1. The first-order valence-electron chi connectivity index (χ1n) is 11.2. The first-order valence-corrected chi connectivity index (χ1v) is 12.6. The third-order valence-corrected chi connectivity index (χ3v) is 8.31. The first-order chi connectivity index (χ1) is 16.1. The van der Waals surface area contributed by atoms with Crippen molar-refractivity contribution in [3.05, 3.63) is 47.3 Å². The van der Waals surface area contributed by atoms with Crippen LogP contribution >= 0.6 is 0 Å². The Morgan fingerprint density at radius 2 is 1.88 bits per heavy atom. The van der Waals surface area contributed by atoms with E-state index in [1.54, 1.807) is 25.1 Å². The third-order valence-electron chi connectivity index (χ3n) is 6.41. The number of ether oxygens (including phenoxy) is 1. The number of hydrogen-bond donors (Lipinski definition) is 1. The van der Waals surface area contributed by atoms with Crippen LogP contribution in [0.2, 0.25) is 0 Å². The summed E-state index contributed by atoms with van der Waals surface area (Å²) in [7, 11) is -3.63. The molecule has 1 atom stereocenters. The molecule has 2 aliphatic rings. The molecule has 0 aliphatic carbocycles. The minimum atomic E-state index is -3.63. The van der Waals surface area contributed by atoms with Crippen molar-refractivity contribution in [1.82, 2.24) is 19.2 Å². The van der Waals surface area contributed by atoms with Crippen LogP contribution in [0.5, 0.6) is 0 Å². The molecule has 0 saturated carbocycles. The van der Waals surface area contributed by atoms with E-state index in [1.165, 1.54) is 10.5 Å². The monoisotopic (exact) mass is 487 g/mol. The third kappa shape index (κ3) is 4.15. The smallest absolute Gasteiger partial charge is 0.346 e. The number of carbonyl (C=O) groups is 2. The van der Waals surface area contributed by atoms with Gasteiger partial charge in [-0.05, 0) is 51.5 Å². The van der Waals surface area contributed by atoms with Crippen molar-refractivity contribution in [3.8, 4) is 5.69 Å². The summed E-state index contributed by atoms with van der Waals surface area (Å²) in [6.45, 7) is 8.69. The Balaban J connectivity index is 1.64. The number of urea groups is 1. The lowest BCUT2D eigenvalue weighted by Gasteiger charge is -2.26. The number of imide groups is 1. The van der Waals surface area contributed by atoms with Crippen LogP contribution in [0.25, 0.3) is 5.69 Å². The molecule has 1 aromatic heterocycles. The van der Waals surface area contributed by atoms with E-state index in [4.69, 9.17) is 4.74 Å². The van der Waals surface area contributed by atoms with Crippen molar-refractivity contribution in [2.24, 2.45) is 5.10 Å². The molecule has 0 bridgehead atoms. The van der Waals surface area contributed by atoms with Crippen LogP contribution in [0.1, 0.15) is 37.2 Å². The Morgan fingerprint density at radius 3 is 2.53 bits per heavy atom. The van der Waals surface area contributed by atoms with E-state index in [0.29, 0.717) is 44.0 Å². The molecule has 1 unspecified atom stereocenters. The van der Waals surface area contributed by atoms with Crippen LogP contribution in [0.3, 0.4) is 0 Å². The van der Waals surface area contributed by atoms with E-state index in [9.17, 15) is 18.0 Å². The molecule has 4 rings (SSSR count). The highest BCUT2D eigenvalue weighted by Crippen LogP contribution is 2.25. The molecule has 2 fully saturated rings. The van der Waals surface area contributed by atoms with E-state index >= 15 is 0 Å². The van der Waals surface area contributed by atoms with Gasteiger partial charge >= 0.3 is 6.03 Å². The van der Waals surface area contributed by atoms with Crippen molar-refractivity contribution in [1.29, 1.82) is 0 Å². The Morgan fingerprint density at radius 1 is 1.18 bits per heavy atom. The van der Waals surface area contributed by atoms with Crippen molar-refractivity contribution >= 4 is 28.2 Å². The largest absolute Gasteiger partial charge is 0.379 e. The lowest BCUT2D eigenvalue weighted by molar-refractivity contribution is -0.130. The maximum atomic E-state index is 13.1. The highest BCUT2D eigenvalue weighted by molar-refractivity contribution is 7.89. The highest BCUT2D eigenvalue weighted by atomic mass is 32.2. The predicted octanol–water partition coefficient (Wildman–Crippen LogP) is 2.17. The number of nitrogens with zero attached hydrogens (tertiary/aromatic N) is 4. The van der Waals surface area contributed by atoms with Crippen molar-refractivity contribution in [2.45, 2.75) is 44.6 Å². The highest BCUT2D eigenvalue weighted by Gasteiger charge is 2.46. The number of carbonyl (C=O) groups excluding carboxylic acids is 2. The van der Waals surface area contributed by atoms with E-state index < -0.39 is 27.5 Å². The fourth-order valence-electron chi connectivity index (χ4n) is 4.17. The van der Waals surface area contributed by atoms with Gasteiger partial charge in [-0.1, -0.05) is 13.0 Å². The summed E-state index contributed by atoms with van der Waals surface area (Å²) in [5, 5.41) is 7.67. The molecular formula is C23H29N5O5S. The maximum Gasteiger partial charge on any atom is 0.346 e. The first kappa shape index (κ1) is 24.1. The van der Waals surface area contributed by atoms with Gasteiger partial charge in [0.05, 0.1) is 24.3 Å². The van der Waals surface area contributed by atoms with Crippen LogP contribution in [-0.4, -0.2) is 72.3 Å². The summed E-state index contributed by atoms with van der Waals surface area (Å²) in [5.41, 5.74) is 2.10. The number of amides is 3. The lowest BCUT2D eigenvalue weighted by atomic mass is 10.00. The Hall–Kier alpha value is -3.02. The van der Waals surface area contributed by atoms with Gasteiger partial charge in [-0.3, -0.25) is 4.79 Å². The molecule has 3 amide bonds. The van der Waals surface area contributed by atoms with Crippen LogP contribution in [0, 0.1) is 13.8 Å². The average molecular weight is 488 g/mol. The second-order valence-corrected chi connectivity index (χ2v) is 10.6. The number of benzene rings is 1. The zero-order chi connectivity index (χ0) is 24.7. The van der Waals surface area contributed by atoms with Gasteiger partial charge in [0, 0.05) is 35.7 Å². The van der Waals surface area contributed by atoms with Gasteiger partial charge in [0.2, 0.25) is 10.0 Å². The topological polar surface area (TPSA) is 113 Å². The van der Waals surface area contributed by atoms with Crippen molar-refractivity contribution in [3.63, 3.8) is 0 Å². The molecule has 2 saturated heterocycles. The quantitative estimate of drug-likeness (QED) is 0.496. The van der Waals surface area contributed by atoms with Crippen LogP contribution in [-0.2, 0) is 19.6 Å². The minimum absolute atomic E-state index is 0.216. The average Bonchev–Trinajstić information content (AvgIpc) is 3.23. The number of hydrazone groups is 1. The molecule has 2 aliphatic heterocycles. The maximum absolute atomic E-state index is 13.1. The molecule has 1 N–H and O–H groups in total. The Bertz CT molecular complexity index is 1260. The van der Waals surface area contributed by atoms with Crippen molar-refractivity contribution in [2.75, 3.05) is 26.3 Å². The SMILES string of the molecule is CCC1(C)NC(=O)N(/N=C/c2cc(C)n(-c3cccc(S(=O)(=O)N4CCOCC4)c3)c2C)C1=O. The summed E-state index contributed by atoms with van der Waals surface area (Å²) >= 11 is 0. The van der Waals surface area contributed by atoms with Crippen LogP contribution in [0.15, 0.2) is 40.3 Å². The number of hydrogen-bond acceptors (Lipinski definition) is 6. The number of aromatic nitrogens is 1. The van der Waals surface area contributed by atoms with Gasteiger partial charge in [0.1, 0.15) is 5.54 Å². The zero-order valence-electron chi connectivity index (χ0n) is 19.7. The van der Waals surface area contributed by atoms with E-state index in [0.717, 1.165) is 16.4 Å². The van der Waals surface area contributed by atoms with Gasteiger partial charge in [-0.15, -0.1) is 5.01 Å². The molecule has 0 spiro atoms. The summed E-state index contributed by atoms with van der Waals surface area (Å²) in [6.07, 6.45) is 1.94. The summed E-state index contributed by atoms with van der Waals surface area (Å²) < 4.78 is 34.8. The number of aryl methyl sites for hydroxylation is 1. The van der Waals surface area contributed by atoms with E-state index in [1.807, 2.05) is 37.5 Å². The molecule has 11 heteroatoms. The van der Waals surface area contributed by atoms with Gasteiger partial charge < -0.3 is 14.6 Å². The number of rotatable bonds is 6. The fourth-order valence-corrected chi connectivity index (χ4v) is 5.62. The number of nitrogens with one attached hydrogen (secondary N) is 1. The van der Waals surface area contributed by atoms with Crippen LogP contribution < -0.4 is 5.32 Å². The molecule has 182 valence electrons. The minimum Gasteiger partial charge on any atom is -0.379 e. The standard InChI is InChI=1S/C23H29N5O5S/c1-5-23(4)21(29)28(22(30)25-23)24-15-18-13-16(2)27(17(18)3)19-7-6-8-20(14-19)34(31,32)26-9-11-33-12-10-26/h6-8,13-15H,5,9-12H2,1-4H3,(H,25,30)/b24-15+. The van der Waals surface area contributed by atoms with E-state index in [-0.39, 0.29) is 4.90 Å². The van der Waals surface area contributed by atoms with Crippen molar-refractivity contribution < 1.29 is 22.7 Å². The Labute approximate surface area is 199 Å². The molecule has 0 radical (unpaired) electrons. The second-order valence-electron chi connectivity index (χ2n) is 8.65. The number of morpholine rings is 1. The predicted molar refractivity (Wildman–Crippen MR) is 126 cm³/mol. The summed E-state index contributed by atoms with van der Waals surface area (Å²) in [6, 6.07) is 8.11. The lowest BCUT2D eigenvalue weighted by Crippen LogP contribution is -2.42. The van der Waals surface area contributed by atoms with Gasteiger partial charge in [0.15, 0.2) is 0 Å². The molecular weight excluding hydrogens is 458 g/mol. The second kappa shape index (κ2) is 8.97. The molecule has 10 nitrogen and oxygen atoms in total. The normalized spacial score (nSPS) is 22.1. The summed E-state index contributed by atoms with van der Waals surface area (Å²) in [4.78, 5) is 25.0. The molecule has 1 aromatic carbocycles. The molecule has 3 heterocycles. The Kier molecular flexibility index (Phi) is 6.36. The van der Waals surface area contributed by atoms with Gasteiger partial charge in [-0.2, -0.15) is 9.41 Å². The molecule has 34 heavy (non-hydrogen) atoms. The van der Waals surface area contributed by atoms with Crippen LogP contribution in [0.4, 0.5) is 4.79 Å². The van der Waals surface area contributed by atoms with E-state index in [2.05, 4.69) is 10.4 Å². The molecule has 2 aromatic rings. The van der Waals surface area contributed by atoms with Gasteiger partial charge in [0.25, 0.3) is 5.91 Å².